The van der Waals surface area contributed by atoms with Crippen molar-refractivity contribution in [1.29, 1.82) is 0 Å². The fourth-order valence-corrected chi connectivity index (χ4v) is 3.99. The molecule has 2 unspecified atom stereocenters. The summed E-state index contributed by atoms with van der Waals surface area (Å²) in [6.45, 7) is 0.679. The molecule has 8 heteroatoms. The topological polar surface area (TPSA) is 73.4 Å². The molecule has 2 atom stereocenters. The first-order valence-corrected chi connectivity index (χ1v) is 9.62. The van der Waals surface area contributed by atoms with Crippen LogP contribution in [0, 0.1) is 11.7 Å². The van der Waals surface area contributed by atoms with Crippen LogP contribution in [0.5, 0.6) is 0 Å². The Kier molecular flexibility index (Phi) is 6.21. The molecule has 3 rings (SSSR count). The molecular formula is C19H19BrFN3O2S. The van der Waals surface area contributed by atoms with Crippen molar-refractivity contribution in [2.24, 2.45) is 5.92 Å². The molecule has 142 valence electrons. The van der Waals surface area contributed by atoms with Crippen LogP contribution in [0.1, 0.15) is 15.9 Å². The Morgan fingerprint density at radius 1 is 1.33 bits per heavy atom. The van der Waals surface area contributed by atoms with E-state index in [9.17, 15) is 14.3 Å². The Labute approximate surface area is 170 Å². The number of halogens is 2. The SMILES string of the molecule is O=C(NC(=S)NC1(c2cc(Br)ccc2F)CNCC1CO)c1ccccc1. The molecule has 5 nitrogen and oxygen atoms in total. The number of thiocarbonyl (C=S) groups is 1. The third kappa shape index (κ3) is 4.19. The number of nitrogens with one attached hydrogen (secondary N) is 3. The van der Waals surface area contributed by atoms with Crippen LogP contribution >= 0.6 is 28.1 Å². The average Bonchev–Trinajstić information content (AvgIpc) is 3.07. The van der Waals surface area contributed by atoms with Crippen molar-refractivity contribution >= 4 is 39.2 Å². The third-order valence-corrected chi connectivity index (χ3v) is 5.42. The van der Waals surface area contributed by atoms with E-state index >= 15 is 0 Å². The minimum absolute atomic E-state index is 0.0744. The van der Waals surface area contributed by atoms with E-state index in [2.05, 4.69) is 31.9 Å². The highest BCUT2D eigenvalue weighted by atomic mass is 79.9. The van der Waals surface area contributed by atoms with Crippen LogP contribution in [0.3, 0.4) is 0 Å². The fraction of sp³-hybridized carbons (Fsp3) is 0.263. The molecule has 1 aliphatic heterocycles. The first kappa shape index (κ1) is 19.9. The minimum Gasteiger partial charge on any atom is -0.396 e. The zero-order valence-electron chi connectivity index (χ0n) is 14.3. The molecule has 1 heterocycles. The molecule has 0 aliphatic carbocycles. The molecule has 1 saturated heterocycles. The highest BCUT2D eigenvalue weighted by Gasteiger charge is 2.46. The van der Waals surface area contributed by atoms with Gasteiger partial charge in [0, 0.05) is 41.2 Å². The van der Waals surface area contributed by atoms with E-state index in [-0.39, 0.29) is 23.5 Å². The number of hydrogen-bond acceptors (Lipinski definition) is 4. The second-order valence-electron chi connectivity index (χ2n) is 6.38. The maximum absolute atomic E-state index is 14.7. The number of aliphatic hydroxyl groups excluding tert-OH is 1. The molecule has 0 saturated carbocycles. The summed E-state index contributed by atoms with van der Waals surface area (Å²) in [5.41, 5.74) is -0.145. The zero-order chi connectivity index (χ0) is 19.4. The number of rotatable bonds is 4. The van der Waals surface area contributed by atoms with Gasteiger partial charge in [0.1, 0.15) is 5.82 Å². The van der Waals surface area contributed by atoms with E-state index < -0.39 is 11.4 Å². The summed E-state index contributed by atoms with van der Waals surface area (Å²) in [6.07, 6.45) is 0. The van der Waals surface area contributed by atoms with Crippen LogP contribution in [0.15, 0.2) is 53.0 Å². The molecule has 0 radical (unpaired) electrons. The van der Waals surface area contributed by atoms with Gasteiger partial charge in [-0.3, -0.25) is 10.1 Å². The third-order valence-electron chi connectivity index (χ3n) is 4.72. The number of benzene rings is 2. The number of carbonyl (C=O) groups is 1. The number of amides is 1. The van der Waals surface area contributed by atoms with Gasteiger partial charge in [0.2, 0.25) is 0 Å². The molecule has 1 fully saturated rings. The smallest absolute Gasteiger partial charge is 0.257 e. The second-order valence-corrected chi connectivity index (χ2v) is 7.70. The van der Waals surface area contributed by atoms with E-state index in [0.717, 1.165) is 0 Å². The largest absolute Gasteiger partial charge is 0.396 e. The van der Waals surface area contributed by atoms with Gasteiger partial charge in [-0.2, -0.15) is 0 Å². The molecule has 0 bridgehead atoms. The monoisotopic (exact) mass is 451 g/mol. The second kappa shape index (κ2) is 8.43. The van der Waals surface area contributed by atoms with Crippen molar-refractivity contribution in [2.45, 2.75) is 5.54 Å². The highest BCUT2D eigenvalue weighted by molar-refractivity contribution is 9.10. The van der Waals surface area contributed by atoms with Crippen LogP contribution in [-0.4, -0.2) is 35.8 Å². The summed E-state index contributed by atoms with van der Waals surface area (Å²) in [5, 5.41) is 18.8. The lowest BCUT2D eigenvalue weighted by atomic mass is 9.80. The standard InChI is InChI=1S/C19H19BrFN3O2S/c20-14-6-7-16(21)15(8-14)19(11-22-9-13(19)10-25)24-18(27)23-17(26)12-4-2-1-3-5-12/h1-8,13,22,25H,9-11H2,(H2,23,24,26,27). The molecule has 0 spiro atoms. The molecular weight excluding hydrogens is 433 g/mol. The normalized spacial score (nSPS) is 21.7. The molecule has 0 aromatic heterocycles. The summed E-state index contributed by atoms with van der Waals surface area (Å²) in [7, 11) is 0. The predicted molar refractivity (Wildman–Crippen MR) is 109 cm³/mol. The first-order valence-electron chi connectivity index (χ1n) is 8.42. The lowest BCUT2D eigenvalue weighted by Gasteiger charge is -2.36. The average molecular weight is 452 g/mol. The Hall–Kier alpha value is -1.87. The van der Waals surface area contributed by atoms with Gasteiger partial charge in [-0.05, 0) is 42.5 Å². The Balaban J connectivity index is 1.87. The molecule has 4 N–H and O–H groups in total. The Bertz CT molecular complexity index is 852. The van der Waals surface area contributed by atoms with Crippen LogP contribution < -0.4 is 16.0 Å². The number of aliphatic hydroxyl groups is 1. The van der Waals surface area contributed by atoms with Crippen LogP contribution in [0.2, 0.25) is 0 Å². The molecule has 27 heavy (non-hydrogen) atoms. The van der Waals surface area contributed by atoms with Crippen molar-refractivity contribution in [3.63, 3.8) is 0 Å². The van der Waals surface area contributed by atoms with Gasteiger partial charge >= 0.3 is 0 Å². The van der Waals surface area contributed by atoms with Crippen molar-refractivity contribution in [1.82, 2.24) is 16.0 Å². The van der Waals surface area contributed by atoms with Gasteiger partial charge in [-0.1, -0.05) is 34.1 Å². The van der Waals surface area contributed by atoms with Crippen molar-refractivity contribution in [3.8, 4) is 0 Å². The zero-order valence-corrected chi connectivity index (χ0v) is 16.7. The fourth-order valence-electron chi connectivity index (χ4n) is 3.35. The molecule has 1 aliphatic rings. The van der Waals surface area contributed by atoms with E-state index in [1.54, 1.807) is 36.4 Å². The summed E-state index contributed by atoms with van der Waals surface area (Å²) in [5.74, 6) is -1.10. The van der Waals surface area contributed by atoms with Crippen LogP contribution in [0.4, 0.5) is 4.39 Å². The Morgan fingerprint density at radius 2 is 2.07 bits per heavy atom. The van der Waals surface area contributed by atoms with Gasteiger partial charge in [0.25, 0.3) is 5.91 Å². The molecule has 2 aromatic rings. The highest BCUT2D eigenvalue weighted by Crippen LogP contribution is 2.36. The van der Waals surface area contributed by atoms with E-state index in [0.29, 0.717) is 28.7 Å². The maximum Gasteiger partial charge on any atom is 0.257 e. The lowest BCUT2D eigenvalue weighted by molar-refractivity contribution is 0.0975. The Morgan fingerprint density at radius 3 is 2.78 bits per heavy atom. The number of hydrogen-bond donors (Lipinski definition) is 4. The van der Waals surface area contributed by atoms with Gasteiger partial charge in [-0.15, -0.1) is 0 Å². The van der Waals surface area contributed by atoms with E-state index in [1.165, 1.54) is 6.07 Å². The van der Waals surface area contributed by atoms with Crippen molar-refractivity contribution in [2.75, 3.05) is 19.7 Å². The summed E-state index contributed by atoms with van der Waals surface area (Å²) in [4.78, 5) is 12.4. The van der Waals surface area contributed by atoms with Gasteiger partial charge in [0.15, 0.2) is 5.11 Å². The van der Waals surface area contributed by atoms with Gasteiger partial charge < -0.3 is 15.7 Å². The summed E-state index contributed by atoms with van der Waals surface area (Å²) in [6, 6.07) is 13.3. The maximum atomic E-state index is 14.7. The first-order chi connectivity index (χ1) is 13.0. The molecule has 1 amide bonds. The lowest BCUT2D eigenvalue weighted by Crippen LogP contribution is -2.56. The number of carbonyl (C=O) groups excluding carboxylic acids is 1. The van der Waals surface area contributed by atoms with Crippen LogP contribution in [0.25, 0.3) is 0 Å². The summed E-state index contributed by atoms with van der Waals surface area (Å²) >= 11 is 8.70. The van der Waals surface area contributed by atoms with Gasteiger partial charge in [-0.25, -0.2) is 4.39 Å². The molecule has 2 aromatic carbocycles. The van der Waals surface area contributed by atoms with E-state index in [1.807, 2.05) is 6.07 Å². The predicted octanol–water partition coefficient (Wildman–Crippen LogP) is 2.30. The van der Waals surface area contributed by atoms with E-state index in [4.69, 9.17) is 12.2 Å². The minimum atomic E-state index is -0.982. The van der Waals surface area contributed by atoms with Crippen molar-refractivity contribution < 1.29 is 14.3 Å². The quantitative estimate of drug-likeness (QED) is 0.536. The van der Waals surface area contributed by atoms with Crippen molar-refractivity contribution in [3.05, 3.63) is 69.9 Å². The summed E-state index contributed by atoms with van der Waals surface area (Å²) < 4.78 is 15.4. The van der Waals surface area contributed by atoms with Crippen LogP contribution in [-0.2, 0) is 5.54 Å². The van der Waals surface area contributed by atoms with Gasteiger partial charge in [0.05, 0.1) is 5.54 Å².